The zero-order chi connectivity index (χ0) is 20.9. The van der Waals surface area contributed by atoms with E-state index < -0.39 is 0 Å². The topological polar surface area (TPSA) is 42.6 Å². The van der Waals surface area contributed by atoms with Crippen LogP contribution in [0, 0.1) is 6.92 Å². The number of para-hydroxylation sites is 2. The molecule has 0 unspecified atom stereocenters. The lowest BCUT2D eigenvalue weighted by atomic mass is 9.95. The highest BCUT2D eigenvalue weighted by atomic mass is 32.2. The van der Waals surface area contributed by atoms with Gasteiger partial charge in [-0.1, -0.05) is 42.5 Å². The van der Waals surface area contributed by atoms with Crippen molar-refractivity contribution in [3.05, 3.63) is 95.7 Å². The summed E-state index contributed by atoms with van der Waals surface area (Å²) in [4.78, 5) is 8.68. The Balaban J connectivity index is 1.60. The number of thioether (sulfide) groups is 1. The van der Waals surface area contributed by atoms with Crippen LogP contribution in [0.1, 0.15) is 22.9 Å². The first-order valence-corrected chi connectivity index (χ1v) is 11.0. The van der Waals surface area contributed by atoms with Crippen molar-refractivity contribution in [3.8, 4) is 11.4 Å². The first kappa shape index (κ1) is 18.3. The lowest BCUT2D eigenvalue weighted by Crippen LogP contribution is -2.33. The molecule has 2 aliphatic rings. The average Bonchev–Trinajstić information content (AvgIpc) is 3.36. The van der Waals surface area contributed by atoms with Gasteiger partial charge >= 0.3 is 0 Å². The minimum atomic E-state index is -0.0120. The minimum Gasteiger partial charge on any atom is -0.497 e. The zero-order valence-electron chi connectivity index (χ0n) is 17.2. The Morgan fingerprint density at radius 1 is 0.903 bits per heavy atom. The molecule has 5 nitrogen and oxygen atoms in total. The van der Waals surface area contributed by atoms with Crippen molar-refractivity contribution < 1.29 is 4.74 Å². The normalized spacial score (nSPS) is 16.4. The van der Waals surface area contributed by atoms with Gasteiger partial charge in [-0.2, -0.15) is 5.10 Å². The van der Waals surface area contributed by atoms with E-state index in [-0.39, 0.29) is 6.04 Å². The molecule has 0 aliphatic carbocycles. The summed E-state index contributed by atoms with van der Waals surface area (Å²) in [6.45, 7) is 2.07. The van der Waals surface area contributed by atoms with Crippen molar-refractivity contribution in [2.75, 3.05) is 12.0 Å². The number of hydrogen-bond acceptors (Lipinski definition) is 5. The van der Waals surface area contributed by atoms with Crippen LogP contribution in [-0.2, 0) is 0 Å². The number of fused-ring (bicyclic) bond motifs is 4. The molecule has 3 aromatic carbocycles. The lowest BCUT2D eigenvalue weighted by molar-refractivity contribution is 0.414. The molecule has 6 rings (SSSR count). The second kappa shape index (κ2) is 7.03. The number of nitrogens with zero attached hydrogens (tertiary/aromatic N) is 4. The number of anilines is 1. The van der Waals surface area contributed by atoms with Gasteiger partial charge in [0.05, 0.1) is 30.2 Å². The number of aliphatic imine (C=N–C) groups is 1. The Morgan fingerprint density at radius 2 is 1.65 bits per heavy atom. The molecule has 1 atom stereocenters. The van der Waals surface area contributed by atoms with E-state index in [0.717, 1.165) is 33.7 Å². The smallest absolute Gasteiger partial charge is 0.176 e. The van der Waals surface area contributed by atoms with E-state index in [4.69, 9.17) is 14.8 Å². The van der Waals surface area contributed by atoms with Crippen molar-refractivity contribution >= 4 is 28.4 Å². The van der Waals surface area contributed by atoms with Crippen LogP contribution in [0.2, 0.25) is 0 Å². The molecule has 3 heterocycles. The predicted octanol–water partition coefficient (Wildman–Crippen LogP) is 5.89. The van der Waals surface area contributed by atoms with Crippen LogP contribution in [0.3, 0.4) is 0 Å². The molecule has 0 bridgehead atoms. The number of benzene rings is 3. The van der Waals surface area contributed by atoms with Crippen LogP contribution >= 0.6 is 11.8 Å². The molecule has 0 N–H and O–H groups in total. The number of hydrogen-bond donors (Lipinski definition) is 0. The van der Waals surface area contributed by atoms with Gasteiger partial charge in [0.1, 0.15) is 5.75 Å². The Bertz CT molecular complexity index is 1310. The van der Waals surface area contributed by atoms with Gasteiger partial charge < -0.3 is 9.64 Å². The van der Waals surface area contributed by atoms with E-state index in [0.29, 0.717) is 0 Å². The van der Waals surface area contributed by atoms with E-state index in [1.54, 1.807) is 18.9 Å². The predicted molar refractivity (Wildman–Crippen MR) is 125 cm³/mol. The van der Waals surface area contributed by atoms with Crippen molar-refractivity contribution in [2.24, 2.45) is 4.99 Å². The number of rotatable bonds is 3. The monoisotopic (exact) mass is 424 g/mol. The maximum absolute atomic E-state index is 5.40. The van der Waals surface area contributed by atoms with E-state index in [1.807, 2.05) is 35.0 Å². The van der Waals surface area contributed by atoms with Crippen LogP contribution in [0.15, 0.2) is 88.8 Å². The standard InChI is InChI=1S/C25H20N4OS/c1-16-22-23(17-12-14-19(30-2)15-13-17)28-20-10-6-7-11-21(20)31-25(28)26-24(22)29(27-16)18-8-4-3-5-9-18/h3-15,23H,1-2H3/t23-/m1/s1. The van der Waals surface area contributed by atoms with Crippen LogP contribution in [0.5, 0.6) is 5.75 Å². The van der Waals surface area contributed by atoms with Gasteiger partial charge in [-0.15, -0.1) is 0 Å². The first-order chi connectivity index (χ1) is 15.2. The summed E-state index contributed by atoms with van der Waals surface area (Å²) in [7, 11) is 1.69. The molecule has 0 fully saturated rings. The van der Waals surface area contributed by atoms with E-state index in [1.165, 1.54) is 16.1 Å². The third-order valence-corrected chi connectivity index (χ3v) is 6.81. The summed E-state index contributed by atoms with van der Waals surface area (Å²) < 4.78 is 7.36. The maximum Gasteiger partial charge on any atom is 0.176 e. The molecule has 4 aromatic rings. The SMILES string of the molecule is COc1ccc([C@@H]2c3c(C)nn(-c4ccccc4)c3N=C3Sc4ccccc4N32)cc1. The van der Waals surface area contributed by atoms with Crippen LogP contribution in [0.25, 0.3) is 5.69 Å². The Hall–Kier alpha value is -3.51. The Kier molecular flexibility index (Phi) is 4.14. The number of amidine groups is 1. The second-order valence-electron chi connectivity index (χ2n) is 7.58. The first-order valence-electron chi connectivity index (χ1n) is 10.2. The maximum atomic E-state index is 5.40. The largest absolute Gasteiger partial charge is 0.497 e. The molecule has 0 radical (unpaired) electrons. The summed E-state index contributed by atoms with van der Waals surface area (Å²) in [5.74, 6) is 1.75. The van der Waals surface area contributed by atoms with E-state index >= 15 is 0 Å². The minimum absolute atomic E-state index is 0.0120. The van der Waals surface area contributed by atoms with Gasteiger partial charge in [0.2, 0.25) is 0 Å². The van der Waals surface area contributed by atoms with E-state index in [9.17, 15) is 0 Å². The van der Waals surface area contributed by atoms with Gasteiger partial charge in [-0.3, -0.25) is 0 Å². The van der Waals surface area contributed by atoms with Gasteiger partial charge in [-0.25, -0.2) is 9.67 Å². The fourth-order valence-corrected chi connectivity index (χ4v) is 5.39. The summed E-state index contributed by atoms with van der Waals surface area (Å²) in [6, 6.07) is 27.0. The van der Waals surface area contributed by atoms with Gasteiger partial charge in [0, 0.05) is 10.5 Å². The summed E-state index contributed by atoms with van der Waals surface area (Å²) in [5, 5.41) is 5.88. The number of ether oxygens (including phenoxy) is 1. The van der Waals surface area contributed by atoms with Crippen LogP contribution in [0.4, 0.5) is 11.5 Å². The number of aromatic nitrogens is 2. The van der Waals surface area contributed by atoms with Gasteiger partial charge in [0.25, 0.3) is 0 Å². The number of aryl methyl sites for hydroxylation is 1. The molecule has 0 saturated heterocycles. The third-order valence-electron chi connectivity index (χ3n) is 5.78. The highest BCUT2D eigenvalue weighted by molar-refractivity contribution is 8.14. The highest BCUT2D eigenvalue weighted by Crippen LogP contribution is 2.52. The van der Waals surface area contributed by atoms with Gasteiger partial charge in [0.15, 0.2) is 11.0 Å². The quantitative estimate of drug-likeness (QED) is 0.411. The number of methoxy groups -OCH3 is 1. The molecule has 6 heteroatoms. The molecule has 0 spiro atoms. The molecule has 0 saturated carbocycles. The molecule has 31 heavy (non-hydrogen) atoms. The summed E-state index contributed by atoms with van der Waals surface area (Å²) in [5.41, 5.74) is 5.50. The van der Waals surface area contributed by atoms with Crippen molar-refractivity contribution in [1.29, 1.82) is 0 Å². The third kappa shape index (κ3) is 2.79. The molecular weight excluding hydrogens is 404 g/mol. The summed E-state index contributed by atoms with van der Waals surface area (Å²) >= 11 is 1.71. The zero-order valence-corrected chi connectivity index (χ0v) is 18.0. The molecule has 152 valence electrons. The fourth-order valence-electron chi connectivity index (χ4n) is 4.34. The summed E-state index contributed by atoms with van der Waals surface area (Å²) in [6.07, 6.45) is 0. The lowest BCUT2D eigenvalue weighted by Gasteiger charge is -2.33. The Morgan fingerprint density at radius 3 is 2.42 bits per heavy atom. The van der Waals surface area contributed by atoms with Crippen molar-refractivity contribution in [2.45, 2.75) is 17.9 Å². The average molecular weight is 425 g/mol. The van der Waals surface area contributed by atoms with Crippen molar-refractivity contribution in [3.63, 3.8) is 0 Å². The molecular formula is C25H20N4OS. The highest BCUT2D eigenvalue weighted by Gasteiger charge is 2.41. The van der Waals surface area contributed by atoms with Gasteiger partial charge in [-0.05, 0) is 60.6 Å². The fraction of sp³-hybridized carbons (Fsp3) is 0.120. The second-order valence-corrected chi connectivity index (χ2v) is 8.59. The van der Waals surface area contributed by atoms with E-state index in [2.05, 4.69) is 60.4 Å². The molecule has 2 aliphatic heterocycles. The van der Waals surface area contributed by atoms with Crippen molar-refractivity contribution in [1.82, 2.24) is 9.78 Å². The Labute approximate surface area is 185 Å². The van der Waals surface area contributed by atoms with Crippen LogP contribution < -0.4 is 9.64 Å². The molecule has 0 amide bonds. The van der Waals surface area contributed by atoms with Crippen LogP contribution in [-0.4, -0.2) is 22.1 Å². The molecule has 1 aromatic heterocycles.